The maximum atomic E-state index is 12.7. The molecule has 0 aliphatic carbocycles. The maximum Gasteiger partial charge on any atom is 0.420 e. The van der Waals surface area contributed by atoms with Crippen molar-refractivity contribution in [2.75, 3.05) is 0 Å². The van der Waals surface area contributed by atoms with E-state index < -0.39 is 23.4 Å². The van der Waals surface area contributed by atoms with E-state index >= 15 is 0 Å². The van der Waals surface area contributed by atoms with E-state index in [2.05, 4.69) is 0 Å². The molecule has 0 spiro atoms. The van der Waals surface area contributed by atoms with Gasteiger partial charge in [-0.05, 0) is 50.6 Å². The van der Waals surface area contributed by atoms with Crippen molar-refractivity contribution in [3.05, 3.63) is 69.1 Å². The number of carboxylic acid groups (broad SMARTS) is 1. The maximum absolute atomic E-state index is 12.7. The highest BCUT2D eigenvalue weighted by Crippen LogP contribution is 2.22. The third-order valence-corrected chi connectivity index (χ3v) is 4.28. The van der Waals surface area contributed by atoms with Crippen molar-refractivity contribution in [1.29, 1.82) is 0 Å². The van der Waals surface area contributed by atoms with Crippen molar-refractivity contribution in [3.63, 3.8) is 0 Å². The van der Waals surface area contributed by atoms with Crippen LogP contribution in [0.5, 0.6) is 0 Å². The van der Waals surface area contributed by atoms with Crippen LogP contribution in [0.4, 0.5) is 4.79 Å². The van der Waals surface area contributed by atoms with E-state index in [0.29, 0.717) is 26.2 Å². The predicted molar refractivity (Wildman–Crippen MR) is 105 cm³/mol. The Morgan fingerprint density at radius 2 is 1.79 bits per heavy atom. The Bertz CT molecular complexity index is 1140. The van der Waals surface area contributed by atoms with Gasteiger partial charge in [0.2, 0.25) is 0 Å². The van der Waals surface area contributed by atoms with E-state index in [-0.39, 0.29) is 12.1 Å². The van der Waals surface area contributed by atoms with Gasteiger partial charge in [-0.1, -0.05) is 29.8 Å². The molecule has 0 atom stereocenters. The molecule has 0 amide bonds. The van der Waals surface area contributed by atoms with Crippen LogP contribution in [0.25, 0.3) is 11.0 Å². The first-order chi connectivity index (χ1) is 13.1. The van der Waals surface area contributed by atoms with Crippen LogP contribution in [-0.4, -0.2) is 31.9 Å². The first kappa shape index (κ1) is 19.7. The lowest BCUT2D eigenvalue weighted by Gasteiger charge is -2.20. The summed E-state index contributed by atoms with van der Waals surface area (Å²) in [5.41, 5.74) is 0.0126. The average Bonchev–Trinajstić information content (AvgIpc) is 2.85. The number of halogens is 1. The van der Waals surface area contributed by atoms with Gasteiger partial charge in [0.05, 0.1) is 23.1 Å². The van der Waals surface area contributed by atoms with Crippen LogP contribution in [0.3, 0.4) is 0 Å². The first-order valence-corrected chi connectivity index (χ1v) is 8.91. The second kappa shape index (κ2) is 7.16. The molecule has 146 valence electrons. The Hall–Kier alpha value is -3.06. The molecule has 3 rings (SSSR count). The first-order valence-electron chi connectivity index (χ1n) is 8.54. The normalized spacial score (nSPS) is 11.6. The molecule has 0 saturated carbocycles. The largest absolute Gasteiger partial charge is 0.464 e. The lowest BCUT2D eigenvalue weighted by atomic mass is 10.1. The number of esters is 1. The molecule has 7 nitrogen and oxygen atoms in total. The molecule has 1 heterocycles. The number of fused-ring (bicyclic) bond motifs is 1. The highest BCUT2D eigenvalue weighted by atomic mass is 35.5. The van der Waals surface area contributed by atoms with Crippen LogP contribution >= 0.6 is 11.6 Å². The van der Waals surface area contributed by atoms with Crippen LogP contribution in [0.15, 0.2) is 47.3 Å². The number of ether oxygens (including phenoxy) is 1. The number of carbonyl (C=O) groups is 2. The SMILES string of the molecule is CC(C)(C)OC(=O)c1ccccc1Cn1c(=O)n(C(=O)O)c2ccc(Cl)cc21. The van der Waals surface area contributed by atoms with Crippen molar-refractivity contribution in [1.82, 2.24) is 9.13 Å². The van der Waals surface area contributed by atoms with E-state index in [4.69, 9.17) is 16.3 Å². The van der Waals surface area contributed by atoms with Crippen molar-refractivity contribution >= 4 is 34.7 Å². The summed E-state index contributed by atoms with van der Waals surface area (Å²) in [6, 6.07) is 11.2. The summed E-state index contributed by atoms with van der Waals surface area (Å²) in [7, 11) is 0. The van der Waals surface area contributed by atoms with Crippen molar-refractivity contribution in [2.24, 2.45) is 0 Å². The number of nitrogens with zero attached hydrogens (tertiary/aromatic N) is 2. The third kappa shape index (κ3) is 3.80. The molecule has 28 heavy (non-hydrogen) atoms. The average molecular weight is 403 g/mol. The summed E-state index contributed by atoms with van der Waals surface area (Å²) in [6.45, 7) is 5.28. The topological polar surface area (TPSA) is 90.5 Å². The monoisotopic (exact) mass is 402 g/mol. The van der Waals surface area contributed by atoms with Gasteiger partial charge < -0.3 is 9.84 Å². The molecular formula is C20H19ClN2O5. The molecule has 0 saturated heterocycles. The zero-order chi connectivity index (χ0) is 20.6. The molecule has 0 aliphatic rings. The van der Waals surface area contributed by atoms with Gasteiger partial charge in [0.25, 0.3) is 0 Å². The number of imidazole rings is 1. The second-order valence-electron chi connectivity index (χ2n) is 7.28. The molecule has 0 aliphatic heterocycles. The highest BCUT2D eigenvalue weighted by molar-refractivity contribution is 6.31. The number of rotatable bonds is 3. The van der Waals surface area contributed by atoms with Gasteiger partial charge in [-0.2, -0.15) is 4.57 Å². The minimum atomic E-state index is -1.39. The number of benzene rings is 2. The van der Waals surface area contributed by atoms with Crippen molar-refractivity contribution in [2.45, 2.75) is 32.9 Å². The van der Waals surface area contributed by atoms with Gasteiger partial charge in [0.15, 0.2) is 0 Å². The van der Waals surface area contributed by atoms with Crippen LogP contribution in [0, 0.1) is 0 Å². The minimum absolute atomic E-state index is 0.00856. The fraction of sp³-hybridized carbons (Fsp3) is 0.250. The Labute approximate surface area is 165 Å². The predicted octanol–water partition coefficient (Wildman–Crippen LogP) is 3.99. The zero-order valence-electron chi connectivity index (χ0n) is 15.6. The van der Waals surface area contributed by atoms with Gasteiger partial charge >= 0.3 is 17.8 Å². The van der Waals surface area contributed by atoms with E-state index in [0.717, 1.165) is 0 Å². The molecule has 3 aromatic rings. The second-order valence-corrected chi connectivity index (χ2v) is 7.72. The molecule has 0 radical (unpaired) electrons. The summed E-state index contributed by atoms with van der Waals surface area (Å²) < 4.78 is 7.37. The highest BCUT2D eigenvalue weighted by Gasteiger charge is 2.22. The molecule has 8 heteroatoms. The fourth-order valence-corrected chi connectivity index (χ4v) is 3.09. The van der Waals surface area contributed by atoms with E-state index in [9.17, 15) is 19.5 Å². The molecular weight excluding hydrogens is 384 g/mol. The Balaban J connectivity index is 2.14. The number of aromatic nitrogens is 2. The lowest BCUT2D eigenvalue weighted by Crippen LogP contribution is -2.29. The molecule has 0 fully saturated rings. The quantitative estimate of drug-likeness (QED) is 0.669. The third-order valence-electron chi connectivity index (χ3n) is 4.05. The van der Waals surface area contributed by atoms with Crippen molar-refractivity contribution < 1.29 is 19.4 Å². The van der Waals surface area contributed by atoms with Crippen LogP contribution in [0.2, 0.25) is 5.02 Å². The summed E-state index contributed by atoms with van der Waals surface area (Å²) in [5, 5.41) is 9.79. The molecule has 2 aromatic carbocycles. The Kier molecular flexibility index (Phi) is 5.04. The number of carbonyl (C=O) groups excluding carboxylic acids is 1. The molecule has 0 unspecified atom stereocenters. The Morgan fingerprint density at radius 1 is 1.11 bits per heavy atom. The van der Waals surface area contributed by atoms with Gasteiger partial charge in [-0.25, -0.2) is 14.4 Å². The smallest absolute Gasteiger partial charge is 0.420 e. The number of hydrogen-bond donors (Lipinski definition) is 1. The molecule has 1 aromatic heterocycles. The van der Waals surface area contributed by atoms with E-state index in [1.165, 1.54) is 22.8 Å². The molecule has 0 bridgehead atoms. The summed E-state index contributed by atoms with van der Waals surface area (Å²) in [5.74, 6) is -0.517. The lowest BCUT2D eigenvalue weighted by molar-refractivity contribution is 0.00681. The van der Waals surface area contributed by atoms with E-state index in [1.54, 1.807) is 45.0 Å². The summed E-state index contributed by atoms with van der Waals surface area (Å²) in [6.07, 6.45) is -1.39. The van der Waals surface area contributed by atoms with Crippen LogP contribution in [0.1, 0.15) is 36.7 Å². The summed E-state index contributed by atoms with van der Waals surface area (Å²) in [4.78, 5) is 36.9. The van der Waals surface area contributed by atoms with Gasteiger partial charge in [0, 0.05) is 5.02 Å². The minimum Gasteiger partial charge on any atom is -0.464 e. The van der Waals surface area contributed by atoms with Gasteiger partial charge in [-0.3, -0.25) is 4.57 Å². The fourth-order valence-electron chi connectivity index (χ4n) is 2.93. The van der Waals surface area contributed by atoms with E-state index in [1.807, 2.05) is 0 Å². The van der Waals surface area contributed by atoms with Gasteiger partial charge in [-0.15, -0.1) is 0 Å². The summed E-state index contributed by atoms with van der Waals surface area (Å²) >= 11 is 6.04. The zero-order valence-corrected chi connectivity index (χ0v) is 16.4. The van der Waals surface area contributed by atoms with Crippen LogP contribution < -0.4 is 5.69 Å². The van der Waals surface area contributed by atoms with Crippen molar-refractivity contribution in [3.8, 4) is 0 Å². The Morgan fingerprint density at radius 3 is 2.43 bits per heavy atom. The standard InChI is InChI=1S/C20H19ClN2O5/c1-20(2,3)28-17(24)14-7-5-4-6-12(14)11-22-16-10-13(21)8-9-15(16)23(18(22)25)19(26)27/h4-10H,11H2,1-3H3,(H,26,27). The number of hydrogen-bond acceptors (Lipinski definition) is 4. The van der Waals surface area contributed by atoms with Crippen LogP contribution in [-0.2, 0) is 11.3 Å². The molecule has 1 N–H and O–H groups in total. The van der Waals surface area contributed by atoms with Gasteiger partial charge in [0.1, 0.15) is 5.60 Å².